The SMILES string of the molecule is C/C(=N/NC(=O)c1cc(-c2ccc(C)cc2)n[nH]1)c1cccnc1. The van der Waals surface area contributed by atoms with Crippen LogP contribution in [0.1, 0.15) is 28.5 Å². The molecular formula is C18H17N5O. The summed E-state index contributed by atoms with van der Waals surface area (Å²) in [6.45, 7) is 3.83. The van der Waals surface area contributed by atoms with Crippen LogP contribution < -0.4 is 5.43 Å². The Hall–Kier alpha value is -3.28. The Labute approximate surface area is 139 Å². The topological polar surface area (TPSA) is 83.0 Å². The van der Waals surface area contributed by atoms with E-state index in [4.69, 9.17) is 0 Å². The van der Waals surface area contributed by atoms with E-state index >= 15 is 0 Å². The van der Waals surface area contributed by atoms with Crippen LogP contribution in [-0.2, 0) is 0 Å². The fourth-order valence-electron chi connectivity index (χ4n) is 2.15. The highest BCUT2D eigenvalue weighted by atomic mass is 16.2. The van der Waals surface area contributed by atoms with Gasteiger partial charge in [-0.05, 0) is 26.0 Å². The first-order chi connectivity index (χ1) is 11.6. The molecule has 6 nitrogen and oxygen atoms in total. The second kappa shape index (κ2) is 6.87. The molecule has 0 atom stereocenters. The minimum absolute atomic E-state index is 0.343. The van der Waals surface area contributed by atoms with E-state index in [-0.39, 0.29) is 5.91 Å². The van der Waals surface area contributed by atoms with Crippen LogP contribution in [0.4, 0.5) is 0 Å². The molecule has 1 aromatic carbocycles. The molecule has 24 heavy (non-hydrogen) atoms. The predicted octanol–water partition coefficient (Wildman–Crippen LogP) is 2.93. The lowest BCUT2D eigenvalue weighted by Gasteiger charge is -2.00. The standard InChI is InChI=1S/C18H17N5O/c1-12-5-7-14(8-6-12)16-10-17(22-21-16)18(24)23-20-13(2)15-4-3-9-19-11-15/h3-11H,1-2H3,(H,21,22)(H,23,24)/b20-13-. The third-order valence-corrected chi connectivity index (χ3v) is 3.57. The number of H-pyrrole nitrogens is 1. The van der Waals surface area contributed by atoms with Crippen molar-refractivity contribution < 1.29 is 4.79 Å². The van der Waals surface area contributed by atoms with Crippen molar-refractivity contribution in [1.82, 2.24) is 20.6 Å². The van der Waals surface area contributed by atoms with Gasteiger partial charge in [0.15, 0.2) is 0 Å². The molecule has 120 valence electrons. The number of nitrogens with one attached hydrogen (secondary N) is 2. The number of aryl methyl sites for hydroxylation is 1. The van der Waals surface area contributed by atoms with E-state index in [1.165, 1.54) is 5.56 Å². The molecule has 6 heteroatoms. The van der Waals surface area contributed by atoms with Crippen LogP contribution in [0.2, 0.25) is 0 Å². The molecule has 0 radical (unpaired) electrons. The Balaban J connectivity index is 1.71. The number of carbonyl (C=O) groups excluding carboxylic acids is 1. The molecule has 0 unspecified atom stereocenters. The Kier molecular flexibility index (Phi) is 4.47. The monoisotopic (exact) mass is 319 g/mol. The van der Waals surface area contributed by atoms with Gasteiger partial charge in [-0.15, -0.1) is 0 Å². The van der Waals surface area contributed by atoms with Gasteiger partial charge in [0.05, 0.1) is 11.4 Å². The van der Waals surface area contributed by atoms with Crippen molar-refractivity contribution >= 4 is 11.6 Å². The second-order valence-electron chi connectivity index (χ2n) is 5.41. The van der Waals surface area contributed by atoms with Crippen LogP contribution in [0.15, 0.2) is 60.0 Å². The smallest absolute Gasteiger partial charge is 0.272 e. The van der Waals surface area contributed by atoms with Crippen molar-refractivity contribution in [3.63, 3.8) is 0 Å². The van der Waals surface area contributed by atoms with Crippen molar-refractivity contribution in [3.8, 4) is 11.3 Å². The van der Waals surface area contributed by atoms with Crippen molar-refractivity contribution in [2.24, 2.45) is 5.10 Å². The van der Waals surface area contributed by atoms with E-state index in [0.29, 0.717) is 17.1 Å². The zero-order chi connectivity index (χ0) is 16.9. The van der Waals surface area contributed by atoms with E-state index in [0.717, 1.165) is 11.1 Å². The number of rotatable bonds is 4. The van der Waals surface area contributed by atoms with Crippen LogP contribution in [0.5, 0.6) is 0 Å². The summed E-state index contributed by atoms with van der Waals surface area (Å²) in [5.41, 5.74) is 7.24. The number of aromatic nitrogens is 3. The summed E-state index contributed by atoms with van der Waals surface area (Å²) in [6, 6.07) is 13.4. The van der Waals surface area contributed by atoms with Crippen molar-refractivity contribution in [1.29, 1.82) is 0 Å². The molecule has 0 saturated carbocycles. The number of nitrogens with zero attached hydrogens (tertiary/aromatic N) is 3. The summed E-state index contributed by atoms with van der Waals surface area (Å²) < 4.78 is 0. The number of hydrazone groups is 1. The van der Waals surface area contributed by atoms with Gasteiger partial charge in [-0.25, -0.2) is 5.43 Å². The Morgan fingerprint density at radius 1 is 1.21 bits per heavy atom. The van der Waals surface area contributed by atoms with Crippen molar-refractivity contribution in [3.05, 3.63) is 71.7 Å². The van der Waals surface area contributed by atoms with Gasteiger partial charge in [0.2, 0.25) is 0 Å². The number of benzene rings is 1. The minimum atomic E-state index is -0.343. The molecule has 3 rings (SSSR count). The summed E-state index contributed by atoms with van der Waals surface area (Å²) >= 11 is 0. The van der Waals surface area contributed by atoms with Gasteiger partial charge in [-0.2, -0.15) is 10.2 Å². The largest absolute Gasteiger partial charge is 0.289 e. The van der Waals surface area contributed by atoms with Crippen LogP contribution in [0.25, 0.3) is 11.3 Å². The number of amides is 1. The van der Waals surface area contributed by atoms with E-state index < -0.39 is 0 Å². The highest BCUT2D eigenvalue weighted by Gasteiger charge is 2.10. The number of pyridine rings is 1. The van der Waals surface area contributed by atoms with Crippen LogP contribution in [-0.4, -0.2) is 26.8 Å². The molecule has 0 spiro atoms. The lowest BCUT2D eigenvalue weighted by molar-refractivity contribution is 0.0950. The van der Waals surface area contributed by atoms with Crippen molar-refractivity contribution in [2.75, 3.05) is 0 Å². The van der Waals surface area contributed by atoms with Crippen LogP contribution in [0, 0.1) is 6.92 Å². The predicted molar refractivity (Wildman–Crippen MR) is 92.7 cm³/mol. The number of hydrogen-bond donors (Lipinski definition) is 2. The maximum atomic E-state index is 12.2. The summed E-state index contributed by atoms with van der Waals surface area (Å²) in [5.74, 6) is -0.343. The lowest BCUT2D eigenvalue weighted by Crippen LogP contribution is -2.19. The van der Waals surface area contributed by atoms with E-state index in [1.807, 2.05) is 50.2 Å². The molecule has 0 bridgehead atoms. The number of aromatic amines is 1. The molecule has 0 aliphatic carbocycles. The molecule has 3 aromatic rings. The van der Waals surface area contributed by atoms with Crippen LogP contribution >= 0.6 is 0 Å². The van der Waals surface area contributed by atoms with Gasteiger partial charge >= 0.3 is 0 Å². The molecule has 2 heterocycles. The first kappa shape index (κ1) is 15.6. The molecule has 0 fully saturated rings. The molecule has 0 aliphatic rings. The molecule has 2 N–H and O–H groups in total. The molecule has 1 amide bonds. The molecule has 2 aromatic heterocycles. The van der Waals surface area contributed by atoms with Gasteiger partial charge in [-0.3, -0.25) is 14.9 Å². The second-order valence-corrected chi connectivity index (χ2v) is 5.41. The zero-order valence-electron chi connectivity index (χ0n) is 13.4. The van der Waals surface area contributed by atoms with E-state index in [2.05, 4.69) is 25.7 Å². The van der Waals surface area contributed by atoms with Gasteiger partial charge in [0, 0.05) is 23.5 Å². The molecule has 0 saturated heterocycles. The summed E-state index contributed by atoms with van der Waals surface area (Å²) in [7, 11) is 0. The Bertz CT molecular complexity index is 866. The minimum Gasteiger partial charge on any atom is -0.272 e. The third kappa shape index (κ3) is 3.55. The lowest BCUT2D eigenvalue weighted by atomic mass is 10.1. The van der Waals surface area contributed by atoms with Crippen molar-refractivity contribution in [2.45, 2.75) is 13.8 Å². The highest BCUT2D eigenvalue weighted by molar-refractivity contribution is 6.00. The fourth-order valence-corrected chi connectivity index (χ4v) is 2.15. The normalized spacial score (nSPS) is 11.3. The van der Waals surface area contributed by atoms with Gasteiger partial charge in [-0.1, -0.05) is 35.9 Å². The maximum absolute atomic E-state index is 12.2. The quantitative estimate of drug-likeness (QED) is 0.573. The summed E-state index contributed by atoms with van der Waals surface area (Å²) in [5, 5.41) is 11.0. The average Bonchev–Trinajstić information content (AvgIpc) is 3.11. The highest BCUT2D eigenvalue weighted by Crippen LogP contribution is 2.18. The Morgan fingerprint density at radius 3 is 2.71 bits per heavy atom. The van der Waals surface area contributed by atoms with E-state index in [1.54, 1.807) is 18.5 Å². The van der Waals surface area contributed by atoms with Gasteiger partial charge in [0.1, 0.15) is 5.69 Å². The molecule has 0 aliphatic heterocycles. The third-order valence-electron chi connectivity index (χ3n) is 3.57. The van der Waals surface area contributed by atoms with Crippen LogP contribution in [0.3, 0.4) is 0 Å². The number of carbonyl (C=O) groups is 1. The Morgan fingerprint density at radius 2 is 2.00 bits per heavy atom. The summed E-state index contributed by atoms with van der Waals surface area (Å²) in [4.78, 5) is 16.2. The van der Waals surface area contributed by atoms with Gasteiger partial charge < -0.3 is 0 Å². The van der Waals surface area contributed by atoms with E-state index in [9.17, 15) is 4.79 Å². The molecular weight excluding hydrogens is 302 g/mol. The first-order valence-electron chi connectivity index (χ1n) is 7.51. The first-order valence-corrected chi connectivity index (χ1v) is 7.51. The zero-order valence-corrected chi connectivity index (χ0v) is 13.4. The average molecular weight is 319 g/mol. The summed E-state index contributed by atoms with van der Waals surface area (Å²) in [6.07, 6.45) is 3.38. The maximum Gasteiger partial charge on any atom is 0.289 e. The van der Waals surface area contributed by atoms with Gasteiger partial charge in [0.25, 0.3) is 5.91 Å². The number of hydrogen-bond acceptors (Lipinski definition) is 4. The fraction of sp³-hybridized carbons (Fsp3) is 0.111.